The van der Waals surface area contributed by atoms with Gasteiger partial charge in [0.15, 0.2) is 0 Å². The molecule has 1 N–H and O–H groups in total. The van der Waals surface area contributed by atoms with Gasteiger partial charge in [0.2, 0.25) is 0 Å². The topological polar surface area (TPSA) is 34.0 Å². The fourth-order valence-electron chi connectivity index (χ4n) is 1.39. The molecule has 3 nitrogen and oxygen atoms in total. The van der Waals surface area contributed by atoms with Crippen molar-refractivity contribution in [3.63, 3.8) is 0 Å². The van der Waals surface area contributed by atoms with Crippen molar-refractivity contribution >= 4 is 21.8 Å². The monoisotopic (exact) mass is 286 g/mol. The second-order valence-electron chi connectivity index (χ2n) is 5.22. The van der Waals surface area contributed by atoms with E-state index in [1.807, 2.05) is 23.9 Å². The number of carbonyl (C=O) groups is 1. The minimum atomic E-state index is -0.0162. The second kappa shape index (κ2) is 5.04. The molecule has 0 bridgehead atoms. The van der Waals surface area contributed by atoms with Crippen molar-refractivity contribution in [2.24, 2.45) is 12.5 Å². The first-order valence-electron chi connectivity index (χ1n) is 5.40. The lowest BCUT2D eigenvalue weighted by molar-refractivity contribution is 0.0941. The molecule has 16 heavy (non-hydrogen) atoms. The van der Waals surface area contributed by atoms with E-state index in [9.17, 15) is 4.79 Å². The van der Waals surface area contributed by atoms with Crippen LogP contribution in [0.1, 0.15) is 37.7 Å². The Morgan fingerprint density at radius 2 is 2.12 bits per heavy atom. The van der Waals surface area contributed by atoms with Gasteiger partial charge in [-0.2, -0.15) is 0 Å². The van der Waals surface area contributed by atoms with Crippen LogP contribution in [-0.2, 0) is 7.05 Å². The van der Waals surface area contributed by atoms with E-state index in [2.05, 4.69) is 42.0 Å². The van der Waals surface area contributed by atoms with Crippen molar-refractivity contribution in [2.75, 3.05) is 6.54 Å². The SMILES string of the molecule is Cn1cc(Br)cc1C(=O)NCCC(C)(C)C. The van der Waals surface area contributed by atoms with Gasteiger partial charge in [0.25, 0.3) is 5.91 Å². The number of aromatic nitrogens is 1. The molecule has 0 radical (unpaired) electrons. The summed E-state index contributed by atoms with van der Waals surface area (Å²) in [5, 5.41) is 2.93. The summed E-state index contributed by atoms with van der Waals surface area (Å²) in [5.74, 6) is -0.0162. The highest BCUT2D eigenvalue weighted by molar-refractivity contribution is 9.10. The van der Waals surface area contributed by atoms with E-state index in [0.29, 0.717) is 12.2 Å². The van der Waals surface area contributed by atoms with Gasteiger partial charge in [-0.05, 0) is 33.8 Å². The molecule has 0 aromatic carbocycles. The standard InChI is InChI=1S/C12H19BrN2O/c1-12(2,3)5-6-14-11(16)10-7-9(13)8-15(10)4/h7-8H,5-6H2,1-4H3,(H,14,16). The first kappa shape index (κ1) is 13.3. The molecule has 4 heteroatoms. The molecule has 1 aromatic heterocycles. The van der Waals surface area contributed by atoms with Gasteiger partial charge in [0, 0.05) is 24.3 Å². The Balaban J connectivity index is 2.51. The number of hydrogen-bond acceptors (Lipinski definition) is 1. The normalized spacial score (nSPS) is 11.6. The number of aryl methyl sites for hydroxylation is 1. The fraction of sp³-hybridized carbons (Fsp3) is 0.583. The van der Waals surface area contributed by atoms with Crippen LogP contribution in [0.5, 0.6) is 0 Å². The van der Waals surface area contributed by atoms with Crippen LogP contribution in [0.25, 0.3) is 0 Å². The van der Waals surface area contributed by atoms with E-state index in [1.165, 1.54) is 0 Å². The second-order valence-corrected chi connectivity index (χ2v) is 6.14. The van der Waals surface area contributed by atoms with E-state index in [1.54, 1.807) is 0 Å². The molecule has 0 aliphatic rings. The summed E-state index contributed by atoms with van der Waals surface area (Å²) >= 11 is 3.35. The Morgan fingerprint density at radius 3 is 2.56 bits per heavy atom. The minimum absolute atomic E-state index is 0.0162. The summed E-state index contributed by atoms with van der Waals surface area (Å²) in [7, 11) is 1.86. The van der Waals surface area contributed by atoms with Crippen LogP contribution in [0.4, 0.5) is 0 Å². The van der Waals surface area contributed by atoms with Crippen LogP contribution in [0.2, 0.25) is 0 Å². The highest BCUT2D eigenvalue weighted by Crippen LogP contribution is 2.17. The Hall–Kier alpha value is -0.770. The van der Waals surface area contributed by atoms with E-state index in [0.717, 1.165) is 10.9 Å². The van der Waals surface area contributed by atoms with Crippen molar-refractivity contribution in [3.8, 4) is 0 Å². The van der Waals surface area contributed by atoms with Gasteiger partial charge < -0.3 is 9.88 Å². The lowest BCUT2D eigenvalue weighted by Gasteiger charge is -2.18. The van der Waals surface area contributed by atoms with E-state index < -0.39 is 0 Å². The van der Waals surface area contributed by atoms with Crippen LogP contribution in [0, 0.1) is 5.41 Å². The van der Waals surface area contributed by atoms with Gasteiger partial charge in [0.05, 0.1) is 0 Å². The molecule has 0 aliphatic heterocycles. The smallest absolute Gasteiger partial charge is 0.267 e. The Labute approximate surface area is 105 Å². The molecule has 0 unspecified atom stereocenters. The summed E-state index contributed by atoms with van der Waals surface area (Å²) < 4.78 is 2.74. The van der Waals surface area contributed by atoms with Crippen LogP contribution < -0.4 is 5.32 Å². The third kappa shape index (κ3) is 4.00. The Kier molecular flexibility index (Phi) is 4.19. The minimum Gasteiger partial charge on any atom is -0.351 e. The van der Waals surface area contributed by atoms with E-state index in [-0.39, 0.29) is 11.3 Å². The molecular weight excluding hydrogens is 268 g/mol. The Bertz CT molecular complexity index is 377. The fourth-order valence-corrected chi connectivity index (χ4v) is 1.92. The number of carbonyl (C=O) groups excluding carboxylic acids is 1. The molecule has 0 saturated carbocycles. The van der Waals surface area contributed by atoms with Gasteiger partial charge >= 0.3 is 0 Å². The lowest BCUT2D eigenvalue weighted by Crippen LogP contribution is -2.28. The summed E-state index contributed by atoms with van der Waals surface area (Å²) in [4.78, 5) is 11.8. The summed E-state index contributed by atoms with van der Waals surface area (Å²) in [6.45, 7) is 7.21. The molecule has 1 heterocycles. The van der Waals surface area contributed by atoms with E-state index >= 15 is 0 Å². The van der Waals surface area contributed by atoms with Gasteiger partial charge in [-0.1, -0.05) is 20.8 Å². The zero-order chi connectivity index (χ0) is 12.3. The maximum atomic E-state index is 11.8. The van der Waals surface area contributed by atoms with Crippen molar-refractivity contribution in [1.82, 2.24) is 9.88 Å². The molecular formula is C12H19BrN2O. The maximum absolute atomic E-state index is 11.8. The molecule has 1 amide bonds. The number of nitrogens with one attached hydrogen (secondary N) is 1. The number of hydrogen-bond donors (Lipinski definition) is 1. The van der Waals surface area contributed by atoms with E-state index in [4.69, 9.17) is 0 Å². The van der Waals surface area contributed by atoms with Crippen LogP contribution in [0.15, 0.2) is 16.7 Å². The van der Waals surface area contributed by atoms with Crippen molar-refractivity contribution < 1.29 is 4.79 Å². The highest BCUT2D eigenvalue weighted by Gasteiger charge is 2.13. The predicted molar refractivity (Wildman–Crippen MR) is 69.5 cm³/mol. The first-order chi connectivity index (χ1) is 7.29. The molecule has 0 spiro atoms. The highest BCUT2D eigenvalue weighted by atomic mass is 79.9. The van der Waals surface area contributed by atoms with Crippen molar-refractivity contribution in [1.29, 1.82) is 0 Å². The molecule has 0 fully saturated rings. The van der Waals surface area contributed by atoms with Gasteiger partial charge in [-0.15, -0.1) is 0 Å². The molecule has 1 rings (SSSR count). The molecule has 1 aromatic rings. The van der Waals surface area contributed by atoms with Crippen molar-refractivity contribution in [2.45, 2.75) is 27.2 Å². The lowest BCUT2D eigenvalue weighted by atomic mass is 9.92. The molecule has 0 saturated heterocycles. The maximum Gasteiger partial charge on any atom is 0.267 e. The number of amides is 1. The average Bonchev–Trinajstić information content (AvgIpc) is 2.43. The quantitative estimate of drug-likeness (QED) is 0.911. The summed E-state index contributed by atoms with van der Waals surface area (Å²) in [5.41, 5.74) is 0.933. The molecule has 0 atom stereocenters. The Morgan fingerprint density at radius 1 is 1.50 bits per heavy atom. The average molecular weight is 287 g/mol. The summed E-state index contributed by atoms with van der Waals surface area (Å²) in [6.07, 6.45) is 2.85. The number of nitrogens with zero attached hydrogens (tertiary/aromatic N) is 1. The molecule has 90 valence electrons. The predicted octanol–water partition coefficient (Wildman–Crippen LogP) is 2.95. The number of halogens is 1. The molecule has 0 aliphatic carbocycles. The first-order valence-corrected chi connectivity index (χ1v) is 6.19. The van der Waals surface area contributed by atoms with Crippen molar-refractivity contribution in [3.05, 3.63) is 22.4 Å². The largest absolute Gasteiger partial charge is 0.351 e. The van der Waals surface area contributed by atoms with Gasteiger partial charge in [-0.3, -0.25) is 4.79 Å². The zero-order valence-corrected chi connectivity index (χ0v) is 11.9. The van der Waals surface area contributed by atoms with Crippen LogP contribution in [0.3, 0.4) is 0 Å². The zero-order valence-electron chi connectivity index (χ0n) is 10.3. The summed E-state index contributed by atoms with van der Waals surface area (Å²) in [6, 6.07) is 1.83. The number of rotatable bonds is 3. The van der Waals surface area contributed by atoms with Gasteiger partial charge in [0.1, 0.15) is 5.69 Å². The van der Waals surface area contributed by atoms with Crippen LogP contribution >= 0.6 is 15.9 Å². The third-order valence-electron chi connectivity index (χ3n) is 2.36. The van der Waals surface area contributed by atoms with Crippen LogP contribution in [-0.4, -0.2) is 17.0 Å². The van der Waals surface area contributed by atoms with Gasteiger partial charge in [-0.25, -0.2) is 0 Å². The third-order valence-corrected chi connectivity index (χ3v) is 2.80.